The predicted octanol–water partition coefficient (Wildman–Crippen LogP) is 1.70. The minimum Gasteiger partial charge on any atom is -0.292 e. The fraction of sp³-hybridized carbons (Fsp3) is 0.778. The van der Waals surface area contributed by atoms with Crippen molar-refractivity contribution in [3.05, 3.63) is 6.42 Å². The first-order chi connectivity index (χ1) is 4.85. The van der Waals surface area contributed by atoms with Crippen LogP contribution in [0.5, 0.6) is 0 Å². The van der Waals surface area contributed by atoms with Gasteiger partial charge in [-0.25, -0.2) is 0 Å². The molecule has 0 aromatic carbocycles. The van der Waals surface area contributed by atoms with Gasteiger partial charge >= 0.3 is 0 Å². The second-order valence-corrected chi connectivity index (χ2v) is 2.45. The molecule has 0 aliphatic rings. The van der Waals surface area contributed by atoms with Crippen molar-refractivity contribution in [3.63, 3.8) is 0 Å². The molecule has 0 aromatic rings. The summed E-state index contributed by atoms with van der Waals surface area (Å²) in [5, 5.41) is 0. The van der Waals surface area contributed by atoms with Crippen LogP contribution in [0.15, 0.2) is 0 Å². The van der Waals surface area contributed by atoms with Crippen molar-refractivity contribution in [1.82, 2.24) is 4.90 Å². The van der Waals surface area contributed by atoms with Crippen LogP contribution < -0.4 is 0 Å². The molecule has 0 aliphatic carbocycles. The quantitative estimate of drug-likeness (QED) is 0.523. The molecule has 0 N–H and O–H groups in total. The van der Waals surface area contributed by atoms with E-state index in [9.17, 15) is 0 Å². The molecular formula is C9H16N. The highest BCUT2D eigenvalue weighted by atomic mass is 15.1. The highest BCUT2D eigenvalue weighted by Gasteiger charge is 1.97. The third-order valence-corrected chi connectivity index (χ3v) is 1.38. The summed E-state index contributed by atoms with van der Waals surface area (Å²) in [4.78, 5) is 2.24. The molecule has 1 radical (unpaired) electrons. The Morgan fingerprint density at radius 1 is 1.20 bits per heavy atom. The fourth-order valence-corrected chi connectivity index (χ4v) is 1.01. The van der Waals surface area contributed by atoms with Gasteiger partial charge in [-0.2, -0.15) is 0 Å². The zero-order valence-corrected chi connectivity index (χ0v) is 6.98. The minimum atomic E-state index is 0.696. The molecule has 0 heterocycles. The van der Waals surface area contributed by atoms with Crippen molar-refractivity contribution < 1.29 is 0 Å². The molecule has 0 saturated carbocycles. The van der Waals surface area contributed by atoms with E-state index in [2.05, 4.69) is 24.7 Å². The minimum absolute atomic E-state index is 0.696. The molecule has 0 rings (SSSR count). The lowest BCUT2D eigenvalue weighted by Gasteiger charge is -2.16. The van der Waals surface area contributed by atoms with Gasteiger partial charge in [0.05, 0.1) is 6.54 Å². The maximum absolute atomic E-state index is 6.80. The number of nitrogens with zero attached hydrogens (tertiary/aromatic N) is 1. The van der Waals surface area contributed by atoms with Gasteiger partial charge in [-0.05, 0) is 32.4 Å². The van der Waals surface area contributed by atoms with Crippen molar-refractivity contribution in [2.75, 3.05) is 19.6 Å². The summed E-state index contributed by atoms with van der Waals surface area (Å²) in [6, 6.07) is 0. The lowest BCUT2D eigenvalue weighted by atomic mass is 10.3. The molecule has 0 saturated heterocycles. The van der Waals surface area contributed by atoms with E-state index >= 15 is 0 Å². The van der Waals surface area contributed by atoms with Crippen LogP contribution in [0.1, 0.15) is 26.7 Å². The molecule has 0 spiro atoms. The molecular weight excluding hydrogens is 122 g/mol. The Bertz CT molecular complexity index is 95.8. The van der Waals surface area contributed by atoms with Gasteiger partial charge in [-0.3, -0.25) is 4.90 Å². The lowest BCUT2D eigenvalue weighted by Crippen LogP contribution is -2.25. The highest BCUT2D eigenvalue weighted by molar-refractivity contribution is 4.80. The summed E-state index contributed by atoms with van der Waals surface area (Å²) in [7, 11) is 0. The van der Waals surface area contributed by atoms with E-state index in [0.717, 1.165) is 13.1 Å². The number of hydrogen-bond donors (Lipinski definition) is 0. The Kier molecular flexibility index (Phi) is 6.32. The first-order valence-electron chi connectivity index (χ1n) is 3.97. The van der Waals surface area contributed by atoms with Gasteiger partial charge in [-0.1, -0.05) is 19.8 Å². The Labute approximate surface area is 64.4 Å². The van der Waals surface area contributed by atoms with Crippen LogP contribution in [0.2, 0.25) is 0 Å². The maximum atomic E-state index is 6.80. The van der Waals surface area contributed by atoms with Gasteiger partial charge in [0, 0.05) is 0 Å². The highest BCUT2D eigenvalue weighted by Crippen LogP contribution is 1.91. The molecule has 1 heteroatoms. The van der Waals surface area contributed by atoms with E-state index in [1.54, 1.807) is 0 Å². The van der Waals surface area contributed by atoms with E-state index < -0.39 is 0 Å². The van der Waals surface area contributed by atoms with Crippen LogP contribution in [0.25, 0.3) is 0 Å². The second-order valence-electron chi connectivity index (χ2n) is 2.45. The number of hydrogen-bond acceptors (Lipinski definition) is 1. The third-order valence-electron chi connectivity index (χ3n) is 1.38. The van der Waals surface area contributed by atoms with Gasteiger partial charge in [0.2, 0.25) is 0 Å². The summed E-state index contributed by atoms with van der Waals surface area (Å²) in [5.74, 6) is 2.41. The van der Waals surface area contributed by atoms with E-state index in [1.165, 1.54) is 12.8 Å². The molecule has 0 unspecified atom stereocenters. The lowest BCUT2D eigenvalue weighted by molar-refractivity contribution is 0.308. The number of rotatable bonds is 5. The first kappa shape index (κ1) is 9.52. The van der Waals surface area contributed by atoms with Crippen LogP contribution in [0, 0.1) is 12.3 Å². The standard InChI is InChI=1S/C9H16N/c1-4-7-10(8-5-2)9-6-3/h4-5,7-9H2,1-2H3. The van der Waals surface area contributed by atoms with Gasteiger partial charge in [0.1, 0.15) is 0 Å². The molecule has 1 nitrogen and oxygen atoms in total. The fourth-order valence-electron chi connectivity index (χ4n) is 1.01. The Morgan fingerprint density at radius 3 is 2.00 bits per heavy atom. The summed E-state index contributed by atoms with van der Waals surface area (Å²) < 4.78 is 0. The molecule has 0 bridgehead atoms. The van der Waals surface area contributed by atoms with Crippen molar-refractivity contribution in [3.8, 4) is 5.92 Å². The third kappa shape index (κ3) is 4.40. The summed E-state index contributed by atoms with van der Waals surface area (Å²) in [6.45, 7) is 7.21. The molecule has 0 aliphatic heterocycles. The van der Waals surface area contributed by atoms with Crippen molar-refractivity contribution >= 4 is 0 Å². The Balaban J connectivity index is 3.42. The van der Waals surface area contributed by atoms with Crippen molar-refractivity contribution in [2.24, 2.45) is 0 Å². The summed E-state index contributed by atoms with van der Waals surface area (Å²) >= 11 is 0. The summed E-state index contributed by atoms with van der Waals surface area (Å²) in [5.41, 5.74) is 0. The topological polar surface area (TPSA) is 3.24 Å². The van der Waals surface area contributed by atoms with Gasteiger partial charge in [-0.15, -0.1) is 0 Å². The SMILES string of the molecule is [C]#CCN(CCC)CCC. The molecule has 0 amide bonds. The molecule has 0 atom stereocenters. The van der Waals surface area contributed by atoms with Crippen LogP contribution in [-0.4, -0.2) is 24.5 Å². The van der Waals surface area contributed by atoms with E-state index in [1.807, 2.05) is 0 Å². The Hall–Kier alpha value is -0.480. The zero-order chi connectivity index (χ0) is 7.82. The van der Waals surface area contributed by atoms with Gasteiger partial charge < -0.3 is 0 Å². The second kappa shape index (κ2) is 6.64. The summed E-state index contributed by atoms with van der Waals surface area (Å²) in [6.07, 6.45) is 9.13. The van der Waals surface area contributed by atoms with Crippen LogP contribution in [0.4, 0.5) is 0 Å². The predicted molar refractivity (Wildman–Crippen MR) is 44.2 cm³/mol. The molecule has 57 valence electrons. The van der Waals surface area contributed by atoms with Crippen LogP contribution in [0.3, 0.4) is 0 Å². The van der Waals surface area contributed by atoms with Crippen LogP contribution in [-0.2, 0) is 0 Å². The van der Waals surface area contributed by atoms with Crippen LogP contribution >= 0.6 is 0 Å². The molecule has 10 heavy (non-hydrogen) atoms. The molecule has 0 aromatic heterocycles. The average Bonchev–Trinajstić information content (AvgIpc) is 1.90. The smallest absolute Gasteiger partial charge is 0.0611 e. The largest absolute Gasteiger partial charge is 0.292 e. The van der Waals surface area contributed by atoms with E-state index in [-0.39, 0.29) is 0 Å². The van der Waals surface area contributed by atoms with Gasteiger partial charge in [0.25, 0.3) is 0 Å². The van der Waals surface area contributed by atoms with E-state index in [4.69, 9.17) is 6.42 Å². The van der Waals surface area contributed by atoms with Crippen molar-refractivity contribution in [2.45, 2.75) is 26.7 Å². The zero-order valence-electron chi connectivity index (χ0n) is 6.98. The first-order valence-corrected chi connectivity index (χ1v) is 3.97. The maximum Gasteiger partial charge on any atom is 0.0611 e. The normalized spacial score (nSPS) is 9.80. The molecule has 0 fully saturated rings. The Morgan fingerprint density at radius 2 is 1.70 bits per heavy atom. The van der Waals surface area contributed by atoms with Crippen molar-refractivity contribution in [1.29, 1.82) is 0 Å². The average molecular weight is 138 g/mol. The monoisotopic (exact) mass is 138 g/mol. The van der Waals surface area contributed by atoms with Gasteiger partial charge in [0.15, 0.2) is 0 Å². The van der Waals surface area contributed by atoms with E-state index in [0.29, 0.717) is 6.54 Å².